The molecule has 1 aromatic heterocycles. The number of aromatic nitrogens is 1. The Bertz CT molecular complexity index is 621. The third-order valence-electron chi connectivity index (χ3n) is 3.12. The smallest absolute Gasteiger partial charge is 0.251 e. The first-order valence-corrected chi connectivity index (χ1v) is 7.34. The van der Waals surface area contributed by atoms with Crippen LogP contribution in [0.3, 0.4) is 0 Å². The predicted octanol–water partition coefficient (Wildman–Crippen LogP) is 3.29. The lowest BCUT2D eigenvalue weighted by Crippen LogP contribution is -2.26. The SMILES string of the molecule is CNc1ccc(C(=O)NC(C)c2ncc(C)s2)cc1C. The van der Waals surface area contributed by atoms with Gasteiger partial charge in [-0.05, 0) is 44.5 Å². The number of hydrogen-bond donors (Lipinski definition) is 2. The zero-order chi connectivity index (χ0) is 14.7. The molecule has 0 aliphatic carbocycles. The summed E-state index contributed by atoms with van der Waals surface area (Å²) >= 11 is 1.61. The Kier molecular flexibility index (Phi) is 4.39. The number of carbonyl (C=O) groups is 1. The highest BCUT2D eigenvalue weighted by molar-refractivity contribution is 7.11. The molecule has 0 saturated carbocycles. The van der Waals surface area contributed by atoms with Crippen molar-refractivity contribution >= 4 is 22.9 Å². The number of hydrogen-bond acceptors (Lipinski definition) is 4. The second kappa shape index (κ2) is 6.05. The normalized spacial score (nSPS) is 12.0. The molecule has 1 amide bonds. The average molecular weight is 289 g/mol. The molecule has 1 aromatic carbocycles. The zero-order valence-electron chi connectivity index (χ0n) is 12.2. The lowest BCUT2D eigenvalue weighted by atomic mass is 10.1. The summed E-state index contributed by atoms with van der Waals surface area (Å²) in [6, 6.07) is 5.56. The standard InChI is InChI=1S/C15H19N3OS/c1-9-7-12(5-6-13(9)16-4)14(19)18-11(3)15-17-8-10(2)20-15/h5-8,11,16H,1-4H3,(H,18,19). The summed E-state index contributed by atoms with van der Waals surface area (Å²) < 4.78 is 0. The largest absolute Gasteiger partial charge is 0.388 e. The first-order chi connectivity index (χ1) is 9.51. The molecule has 0 bridgehead atoms. The van der Waals surface area contributed by atoms with Gasteiger partial charge in [-0.15, -0.1) is 11.3 Å². The molecule has 2 rings (SSSR count). The summed E-state index contributed by atoms with van der Waals surface area (Å²) in [5, 5.41) is 7.00. The van der Waals surface area contributed by atoms with Gasteiger partial charge in [-0.3, -0.25) is 4.79 Å². The van der Waals surface area contributed by atoms with Crippen LogP contribution in [0.1, 0.15) is 38.8 Å². The van der Waals surface area contributed by atoms with Crippen LogP contribution >= 0.6 is 11.3 Å². The Balaban J connectivity index is 2.10. The van der Waals surface area contributed by atoms with Gasteiger partial charge in [-0.2, -0.15) is 0 Å². The summed E-state index contributed by atoms with van der Waals surface area (Å²) in [4.78, 5) is 17.7. The summed E-state index contributed by atoms with van der Waals surface area (Å²) in [5.41, 5.74) is 2.75. The van der Waals surface area contributed by atoms with Gasteiger partial charge in [-0.25, -0.2) is 4.98 Å². The molecule has 1 unspecified atom stereocenters. The molecular weight excluding hydrogens is 270 g/mol. The van der Waals surface area contributed by atoms with E-state index in [1.54, 1.807) is 11.3 Å². The number of carbonyl (C=O) groups excluding carboxylic acids is 1. The van der Waals surface area contributed by atoms with Crippen LogP contribution in [0.5, 0.6) is 0 Å². The summed E-state index contributed by atoms with van der Waals surface area (Å²) in [7, 11) is 1.87. The van der Waals surface area contributed by atoms with E-state index in [2.05, 4.69) is 15.6 Å². The maximum atomic E-state index is 12.2. The molecule has 2 N–H and O–H groups in total. The van der Waals surface area contributed by atoms with E-state index in [-0.39, 0.29) is 11.9 Å². The fourth-order valence-electron chi connectivity index (χ4n) is 2.00. The van der Waals surface area contributed by atoms with E-state index in [0.29, 0.717) is 5.56 Å². The van der Waals surface area contributed by atoms with Crippen LogP contribution < -0.4 is 10.6 Å². The minimum atomic E-state index is -0.0783. The van der Waals surface area contributed by atoms with Crippen LogP contribution in [0.15, 0.2) is 24.4 Å². The molecule has 0 aliphatic rings. The number of thiazole rings is 1. The highest BCUT2D eigenvalue weighted by Gasteiger charge is 2.14. The van der Waals surface area contributed by atoms with E-state index in [1.165, 1.54) is 0 Å². The van der Waals surface area contributed by atoms with Gasteiger partial charge in [0.1, 0.15) is 5.01 Å². The molecular formula is C15H19N3OS. The Labute approximate surface area is 123 Å². The van der Waals surface area contributed by atoms with Crippen LogP contribution in [0.2, 0.25) is 0 Å². The number of benzene rings is 1. The van der Waals surface area contributed by atoms with E-state index in [1.807, 2.05) is 52.2 Å². The second-order valence-corrected chi connectivity index (χ2v) is 6.05. The molecule has 106 valence electrons. The molecule has 0 spiro atoms. The Morgan fingerprint density at radius 3 is 2.65 bits per heavy atom. The Hall–Kier alpha value is -1.88. The highest BCUT2D eigenvalue weighted by Crippen LogP contribution is 2.20. The van der Waals surface area contributed by atoms with Crippen molar-refractivity contribution < 1.29 is 4.79 Å². The van der Waals surface area contributed by atoms with E-state index in [4.69, 9.17) is 0 Å². The van der Waals surface area contributed by atoms with Crippen molar-refractivity contribution in [2.24, 2.45) is 0 Å². The van der Waals surface area contributed by atoms with Crippen molar-refractivity contribution in [2.75, 3.05) is 12.4 Å². The first kappa shape index (κ1) is 14.5. The molecule has 1 heterocycles. The molecule has 20 heavy (non-hydrogen) atoms. The van der Waals surface area contributed by atoms with Crippen molar-refractivity contribution in [2.45, 2.75) is 26.8 Å². The van der Waals surface area contributed by atoms with Gasteiger partial charge < -0.3 is 10.6 Å². The quantitative estimate of drug-likeness (QED) is 0.908. The molecule has 5 heteroatoms. The van der Waals surface area contributed by atoms with Crippen molar-refractivity contribution in [3.05, 3.63) is 45.4 Å². The fraction of sp³-hybridized carbons (Fsp3) is 0.333. The summed E-state index contributed by atoms with van der Waals surface area (Å²) in [6.45, 7) is 5.94. The fourth-order valence-corrected chi connectivity index (χ4v) is 2.78. The second-order valence-electron chi connectivity index (χ2n) is 4.78. The molecule has 2 aromatic rings. The van der Waals surface area contributed by atoms with Crippen molar-refractivity contribution in [1.29, 1.82) is 0 Å². The minimum absolute atomic E-state index is 0.0730. The maximum Gasteiger partial charge on any atom is 0.251 e. The van der Waals surface area contributed by atoms with Crippen molar-refractivity contribution in [3.63, 3.8) is 0 Å². The topological polar surface area (TPSA) is 54.0 Å². The molecule has 0 aliphatic heterocycles. The van der Waals surface area contributed by atoms with Gasteiger partial charge in [0.05, 0.1) is 6.04 Å². The molecule has 1 atom stereocenters. The number of rotatable bonds is 4. The van der Waals surface area contributed by atoms with Crippen molar-refractivity contribution in [3.8, 4) is 0 Å². The van der Waals surface area contributed by atoms with Gasteiger partial charge in [-0.1, -0.05) is 0 Å². The van der Waals surface area contributed by atoms with Crippen LogP contribution in [0.4, 0.5) is 5.69 Å². The predicted molar refractivity (Wildman–Crippen MR) is 83.5 cm³/mol. The van der Waals surface area contributed by atoms with Gasteiger partial charge in [0.15, 0.2) is 0 Å². The van der Waals surface area contributed by atoms with E-state index < -0.39 is 0 Å². The van der Waals surface area contributed by atoms with Crippen molar-refractivity contribution in [1.82, 2.24) is 10.3 Å². The van der Waals surface area contributed by atoms with E-state index >= 15 is 0 Å². The number of amides is 1. The number of nitrogens with one attached hydrogen (secondary N) is 2. The minimum Gasteiger partial charge on any atom is -0.388 e. The maximum absolute atomic E-state index is 12.2. The Morgan fingerprint density at radius 2 is 2.10 bits per heavy atom. The van der Waals surface area contributed by atoms with Gasteiger partial charge in [0.25, 0.3) is 5.91 Å². The zero-order valence-corrected chi connectivity index (χ0v) is 13.0. The third kappa shape index (κ3) is 3.17. The first-order valence-electron chi connectivity index (χ1n) is 6.53. The van der Waals surface area contributed by atoms with Gasteiger partial charge >= 0.3 is 0 Å². The number of nitrogens with zero attached hydrogens (tertiary/aromatic N) is 1. The van der Waals surface area contributed by atoms with Gasteiger partial charge in [0, 0.05) is 29.4 Å². The van der Waals surface area contributed by atoms with Crippen LogP contribution in [-0.4, -0.2) is 17.9 Å². The molecule has 0 radical (unpaired) electrons. The molecule has 0 saturated heterocycles. The van der Waals surface area contributed by atoms with Gasteiger partial charge in [0.2, 0.25) is 0 Å². The summed E-state index contributed by atoms with van der Waals surface area (Å²) in [5.74, 6) is -0.0730. The lowest BCUT2D eigenvalue weighted by Gasteiger charge is -2.12. The highest BCUT2D eigenvalue weighted by atomic mass is 32.1. The molecule has 0 fully saturated rings. The van der Waals surface area contributed by atoms with Crippen LogP contribution in [-0.2, 0) is 0 Å². The average Bonchev–Trinajstić information content (AvgIpc) is 2.85. The third-order valence-corrected chi connectivity index (χ3v) is 4.21. The Morgan fingerprint density at radius 1 is 1.35 bits per heavy atom. The summed E-state index contributed by atoms with van der Waals surface area (Å²) in [6.07, 6.45) is 1.83. The number of anilines is 1. The molecule has 4 nitrogen and oxygen atoms in total. The monoisotopic (exact) mass is 289 g/mol. The van der Waals surface area contributed by atoms with E-state index in [0.717, 1.165) is 21.1 Å². The van der Waals surface area contributed by atoms with Crippen LogP contribution in [0.25, 0.3) is 0 Å². The number of aryl methyl sites for hydroxylation is 2. The van der Waals surface area contributed by atoms with Crippen LogP contribution in [0, 0.1) is 13.8 Å². The van der Waals surface area contributed by atoms with E-state index in [9.17, 15) is 4.79 Å². The lowest BCUT2D eigenvalue weighted by molar-refractivity contribution is 0.0940.